The van der Waals surface area contributed by atoms with Gasteiger partial charge in [-0.15, -0.1) is 10.2 Å². The molecule has 0 spiro atoms. The predicted octanol–water partition coefficient (Wildman–Crippen LogP) is 2.33. The fourth-order valence-electron chi connectivity index (χ4n) is 2.25. The number of benzene rings is 1. The Morgan fingerprint density at radius 3 is 2.76 bits per heavy atom. The molecule has 1 aliphatic rings. The quantitative estimate of drug-likeness (QED) is 0.891. The number of fused-ring (bicyclic) bond motifs is 1. The zero-order chi connectivity index (χ0) is 15.2. The number of anilines is 2. The fraction of sp³-hybridized carbons (Fsp3) is 0.286. The van der Waals surface area contributed by atoms with E-state index in [-0.39, 0.29) is 11.8 Å². The van der Waals surface area contributed by atoms with Crippen LogP contribution in [0.15, 0.2) is 18.2 Å². The summed E-state index contributed by atoms with van der Waals surface area (Å²) in [4.78, 5) is 24.1. The van der Waals surface area contributed by atoms with Crippen molar-refractivity contribution in [3.8, 4) is 0 Å². The highest BCUT2D eigenvalue weighted by Crippen LogP contribution is 2.37. The molecule has 21 heavy (non-hydrogen) atoms. The number of aryl methyl sites for hydroxylation is 1. The number of hydrogen-bond acceptors (Lipinski definition) is 5. The molecule has 2 amide bonds. The molecule has 0 atom stereocenters. The molecule has 0 fully saturated rings. The summed E-state index contributed by atoms with van der Waals surface area (Å²) < 4.78 is 0. The molecule has 108 valence electrons. The van der Waals surface area contributed by atoms with Crippen molar-refractivity contribution in [2.24, 2.45) is 0 Å². The minimum Gasteiger partial charge on any atom is -0.325 e. The number of nitrogens with zero attached hydrogens (tertiary/aromatic N) is 2. The maximum Gasteiger partial charge on any atom is 0.257 e. The van der Waals surface area contributed by atoms with Crippen molar-refractivity contribution in [3.05, 3.63) is 34.3 Å². The molecule has 1 aromatic carbocycles. The van der Waals surface area contributed by atoms with Gasteiger partial charge in [-0.1, -0.05) is 17.4 Å². The summed E-state index contributed by atoms with van der Waals surface area (Å²) in [6.45, 7) is 5.54. The van der Waals surface area contributed by atoms with E-state index in [1.807, 2.05) is 26.8 Å². The number of rotatable bonds is 2. The highest BCUT2D eigenvalue weighted by atomic mass is 32.1. The van der Waals surface area contributed by atoms with Crippen LogP contribution in [0.3, 0.4) is 0 Å². The molecule has 3 rings (SSSR count). The van der Waals surface area contributed by atoms with Gasteiger partial charge < -0.3 is 5.32 Å². The van der Waals surface area contributed by atoms with Crippen LogP contribution in [0.25, 0.3) is 0 Å². The Morgan fingerprint density at radius 1 is 1.33 bits per heavy atom. The highest BCUT2D eigenvalue weighted by Gasteiger charge is 2.38. The van der Waals surface area contributed by atoms with E-state index in [0.717, 1.165) is 10.6 Å². The van der Waals surface area contributed by atoms with Crippen LogP contribution >= 0.6 is 11.3 Å². The van der Waals surface area contributed by atoms with Gasteiger partial charge in [0.25, 0.3) is 5.91 Å². The maximum absolute atomic E-state index is 12.2. The largest absolute Gasteiger partial charge is 0.325 e. The smallest absolute Gasteiger partial charge is 0.257 e. The molecule has 0 saturated heterocycles. The van der Waals surface area contributed by atoms with E-state index in [0.29, 0.717) is 16.4 Å². The Labute approximate surface area is 125 Å². The lowest BCUT2D eigenvalue weighted by molar-refractivity contribution is -0.119. The van der Waals surface area contributed by atoms with Crippen LogP contribution in [0.1, 0.15) is 34.8 Å². The predicted molar refractivity (Wildman–Crippen MR) is 80.7 cm³/mol. The normalized spacial score (nSPS) is 15.5. The molecule has 0 unspecified atom stereocenters. The van der Waals surface area contributed by atoms with E-state index in [1.165, 1.54) is 11.3 Å². The molecule has 0 bridgehead atoms. The molecule has 2 N–H and O–H groups in total. The minimum absolute atomic E-state index is 0.0604. The van der Waals surface area contributed by atoms with E-state index in [2.05, 4.69) is 20.8 Å². The SMILES string of the molecule is Cc1nnc(NC(=O)c2ccc3c(c2)NC(=O)C3(C)C)s1. The molecule has 0 radical (unpaired) electrons. The first-order chi connectivity index (χ1) is 9.88. The van der Waals surface area contributed by atoms with Crippen LogP contribution in [-0.2, 0) is 10.2 Å². The number of amides is 2. The van der Waals surface area contributed by atoms with Crippen LogP contribution in [0.5, 0.6) is 0 Å². The topological polar surface area (TPSA) is 84.0 Å². The molecule has 6 nitrogen and oxygen atoms in total. The van der Waals surface area contributed by atoms with Crippen LogP contribution in [-0.4, -0.2) is 22.0 Å². The molecule has 0 saturated carbocycles. The summed E-state index contributed by atoms with van der Waals surface area (Å²) in [5, 5.41) is 14.5. The van der Waals surface area contributed by atoms with Crippen LogP contribution < -0.4 is 10.6 Å². The van der Waals surface area contributed by atoms with Crippen molar-refractivity contribution in [3.63, 3.8) is 0 Å². The number of carbonyl (C=O) groups excluding carboxylic acids is 2. The van der Waals surface area contributed by atoms with Gasteiger partial charge >= 0.3 is 0 Å². The van der Waals surface area contributed by atoms with Crippen LogP contribution in [0.4, 0.5) is 10.8 Å². The molecule has 0 aliphatic carbocycles. The second-order valence-corrected chi connectivity index (χ2v) is 6.60. The first-order valence-corrected chi connectivity index (χ1v) is 7.27. The van der Waals surface area contributed by atoms with Gasteiger partial charge in [0.05, 0.1) is 5.41 Å². The van der Waals surface area contributed by atoms with Gasteiger partial charge in [0.15, 0.2) is 0 Å². The number of carbonyl (C=O) groups is 2. The first-order valence-electron chi connectivity index (χ1n) is 6.45. The average Bonchev–Trinajstić information content (AvgIpc) is 2.92. The van der Waals surface area contributed by atoms with E-state index < -0.39 is 5.41 Å². The second kappa shape index (κ2) is 4.63. The second-order valence-electron chi connectivity index (χ2n) is 5.42. The Kier molecular flexibility index (Phi) is 3.02. The third-order valence-corrected chi connectivity index (χ3v) is 4.27. The van der Waals surface area contributed by atoms with Crippen LogP contribution in [0.2, 0.25) is 0 Å². The van der Waals surface area contributed by atoms with Crippen molar-refractivity contribution in [2.75, 3.05) is 10.6 Å². The highest BCUT2D eigenvalue weighted by molar-refractivity contribution is 7.15. The number of nitrogens with one attached hydrogen (secondary N) is 2. The first kappa shape index (κ1) is 13.7. The zero-order valence-corrected chi connectivity index (χ0v) is 12.7. The van der Waals surface area contributed by atoms with E-state index in [1.54, 1.807) is 12.1 Å². The summed E-state index contributed by atoms with van der Waals surface area (Å²) in [7, 11) is 0. The van der Waals surface area contributed by atoms with Gasteiger partial charge in [0.2, 0.25) is 11.0 Å². The molecule has 1 aliphatic heterocycles. The van der Waals surface area contributed by atoms with Gasteiger partial charge in [-0.05, 0) is 38.5 Å². The van der Waals surface area contributed by atoms with Crippen molar-refractivity contribution >= 4 is 34.0 Å². The van der Waals surface area contributed by atoms with E-state index in [4.69, 9.17) is 0 Å². The zero-order valence-electron chi connectivity index (χ0n) is 11.9. The van der Waals surface area contributed by atoms with Crippen molar-refractivity contribution < 1.29 is 9.59 Å². The molecule has 2 aromatic rings. The van der Waals surface area contributed by atoms with Gasteiger partial charge in [-0.3, -0.25) is 14.9 Å². The molecule has 2 heterocycles. The Hall–Kier alpha value is -2.28. The average molecular weight is 302 g/mol. The monoisotopic (exact) mass is 302 g/mol. The van der Waals surface area contributed by atoms with Gasteiger partial charge in [0.1, 0.15) is 5.01 Å². The lowest BCUT2D eigenvalue weighted by Gasteiger charge is -2.14. The number of aromatic nitrogens is 2. The lowest BCUT2D eigenvalue weighted by Crippen LogP contribution is -2.26. The standard InChI is InChI=1S/C14H14N4O2S/c1-7-17-18-13(21-7)16-11(19)8-4-5-9-10(6-8)15-12(20)14(9,2)3/h4-6H,1-3H3,(H,15,20)(H,16,18,19). The molecule has 1 aromatic heterocycles. The maximum atomic E-state index is 12.2. The van der Waals surface area contributed by atoms with Crippen molar-refractivity contribution in [1.29, 1.82) is 0 Å². The van der Waals surface area contributed by atoms with Crippen molar-refractivity contribution in [2.45, 2.75) is 26.2 Å². The van der Waals surface area contributed by atoms with Crippen LogP contribution in [0, 0.1) is 6.92 Å². The third-order valence-electron chi connectivity index (χ3n) is 3.52. The third kappa shape index (κ3) is 2.29. The van der Waals surface area contributed by atoms with Gasteiger partial charge in [-0.2, -0.15) is 0 Å². The van der Waals surface area contributed by atoms with E-state index in [9.17, 15) is 9.59 Å². The molecule has 7 heteroatoms. The summed E-state index contributed by atoms with van der Waals surface area (Å²) in [6.07, 6.45) is 0. The summed E-state index contributed by atoms with van der Waals surface area (Å²) in [6, 6.07) is 5.21. The minimum atomic E-state index is -0.569. The van der Waals surface area contributed by atoms with Crippen molar-refractivity contribution in [1.82, 2.24) is 10.2 Å². The molecular weight excluding hydrogens is 288 g/mol. The Bertz CT molecular complexity index is 751. The fourth-order valence-corrected chi connectivity index (χ4v) is 2.84. The summed E-state index contributed by atoms with van der Waals surface area (Å²) >= 11 is 1.31. The summed E-state index contributed by atoms with van der Waals surface area (Å²) in [5.74, 6) is -0.331. The number of hydrogen-bond donors (Lipinski definition) is 2. The van der Waals surface area contributed by atoms with Gasteiger partial charge in [0, 0.05) is 11.3 Å². The molecular formula is C14H14N4O2S. The van der Waals surface area contributed by atoms with Gasteiger partial charge in [-0.25, -0.2) is 0 Å². The van der Waals surface area contributed by atoms with E-state index >= 15 is 0 Å². The lowest BCUT2D eigenvalue weighted by atomic mass is 9.86. The Morgan fingerprint density at radius 2 is 2.10 bits per heavy atom. The Balaban J connectivity index is 1.87. The summed E-state index contributed by atoms with van der Waals surface area (Å²) in [5.41, 5.74) is 1.49.